The number of piperidine rings is 1. The summed E-state index contributed by atoms with van der Waals surface area (Å²) in [6, 6.07) is 4.79. The number of phenolic OH excluding ortho intramolecular Hbond substituents is 1. The Kier molecular flexibility index (Phi) is 4.55. The van der Waals surface area contributed by atoms with Crippen LogP contribution in [0.1, 0.15) is 24.3 Å². The maximum atomic E-state index is 13.3. The Morgan fingerprint density at radius 1 is 1.39 bits per heavy atom. The number of rotatable bonds is 4. The van der Waals surface area contributed by atoms with Crippen LogP contribution < -0.4 is 0 Å². The molecular formula is C14H20FNO2. The Labute approximate surface area is 107 Å². The standard InChI is InChI=1S/C14H20FNO2/c1-18-10-9-16-7-5-11(6-8-16)12-3-2-4-13(15)14(12)17/h2-4,11,17H,5-10H2,1H3. The van der Waals surface area contributed by atoms with Crippen molar-refractivity contribution in [2.24, 2.45) is 0 Å². The van der Waals surface area contributed by atoms with Gasteiger partial charge < -0.3 is 14.7 Å². The lowest BCUT2D eigenvalue weighted by molar-refractivity contribution is 0.130. The third-order valence-electron chi connectivity index (χ3n) is 3.66. The first kappa shape index (κ1) is 13.3. The molecule has 4 heteroatoms. The molecule has 1 aliphatic heterocycles. The summed E-state index contributed by atoms with van der Waals surface area (Å²) in [6.07, 6.45) is 1.92. The van der Waals surface area contributed by atoms with E-state index in [-0.39, 0.29) is 11.7 Å². The zero-order valence-electron chi connectivity index (χ0n) is 10.7. The normalized spacial score (nSPS) is 18.1. The van der Waals surface area contributed by atoms with Gasteiger partial charge in [-0.25, -0.2) is 4.39 Å². The summed E-state index contributed by atoms with van der Waals surface area (Å²) < 4.78 is 18.4. The van der Waals surface area contributed by atoms with Gasteiger partial charge in [0.2, 0.25) is 0 Å². The van der Waals surface area contributed by atoms with Gasteiger partial charge in [0, 0.05) is 19.2 Å². The van der Waals surface area contributed by atoms with E-state index in [9.17, 15) is 9.50 Å². The van der Waals surface area contributed by atoms with Crippen molar-refractivity contribution in [2.75, 3.05) is 33.4 Å². The maximum absolute atomic E-state index is 13.3. The van der Waals surface area contributed by atoms with E-state index in [2.05, 4.69) is 4.90 Å². The first-order valence-corrected chi connectivity index (χ1v) is 6.41. The second-order valence-electron chi connectivity index (χ2n) is 4.79. The average Bonchev–Trinajstić information content (AvgIpc) is 2.40. The fourth-order valence-electron chi connectivity index (χ4n) is 2.55. The van der Waals surface area contributed by atoms with Crippen LogP contribution in [0.2, 0.25) is 0 Å². The number of aromatic hydroxyl groups is 1. The van der Waals surface area contributed by atoms with Crippen LogP contribution >= 0.6 is 0 Å². The fourth-order valence-corrected chi connectivity index (χ4v) is 2.55. The van der Waals surface area contributed by atoms with Gasteiger partial charge in [-0.1, -0.05) is 12.1 Å². The molecule has 1 aromatic carbocycles. The number of likely N-dealkylation sites (tertiary alicyclic amines) is 1. The molecule has 0 amide bonds. The number of phenols is 1. The summed E-state index contributed by atoms with van der Waals surface area (Å²) in [7, 11) is 1.71. The highest BCUT2D eigenvalue weighted by atomic mass is 19.1. The first-order valence-electron chi connectivity index (χ1n) is 6.41. The summed E-state index contributed by atoms with van der Waals surface area (Å²) in [5.41, 5.74) is 0.751. The number of methoxy groups -OCH3 is 1. The number of para-hydroxylation sites is 1. The van der Waals surface area contributed by atoms with Gasteiger partial charge in [-0.15, -0.1) is 0 Å². The van der Waals surface area contributed by atoms with E-state index >= 15 is 0 Å². The van der Waals surface area contributed by atoms with E-state index in [1.54, 1.807) is 13.2 Å². The van der Waals surface area contributed by atoms with Gasteiger partial charge in [0.15, 0.2) is 11.6 Å². The molecule has 3 nitrogen and oxygen atoms in total. The fraction of sp³-hybridized carbons (Fsp3) is 0.571. The molecule has 100 valence electrons. The molecule has 1 fully saturated rings. The minimum absolute atomic E-state index is 0.173. The second-order valence-corrected chi connectivity index (χ2v) is 4.79. The van der Waals surface area contributed by atoms with E-state index < -0.39 is 5.82 Å². The molecule has 1 N–H and O–H groups in total. The number of nitrogens with zero attached hydrogens (tertiary/aromatic N) is 1. The van der Waals surface area contributed by atoms with Crippen molar-refractivity contribution in [3.63, 3.8) is 0 Å². The van der Waals surface area contributed by atoms with Crippen LogP contribution in [0.4, 0.5) is 4.39 Å². The Morgan fingerprint density at radius 3 is 2.78 bits per heavy atom. The van der Waals surface area contributed by atoms with Gasteiger partial charge in [0.05, 0.1) is 6.61 Å². The highest BCUT2D eigenvalue weighted by Gasteiger charge is 2.23. The van der Waals surface area contributed by atoms with Crippen LogP contribution in [0.5, 0.6) is 5.75 Å². The van der Waals surface area contributed by atoms with Crippen LogP contribution in [0.3, 0.4) is 0 Å². The quantitative estimate of drug-likeness (QED) is 0.894. The number of hydrogen-bond acceptors (Lipinski definition) is 3. The van der Waals surface area contributed by atoms with Crippen molar-refractivity contribution >= 4 is 0 Å². The number of halogens is 1. The van der Waals surface area contributed by atoms with Crippen molar-refractivity contribution in [3.8, 4) is 5.75 Å². The molecule has 0 spiro atoms. The molecule has 1 heterocycles. The van der Waals surface area contributed by atoms with Crippen LogP contribution in [-0.2, 0) is 4.74 Å². The zero-order chi connectivity index (χ0) is 13.0. The van der Waals surface area contributed by atoms with E-state index in [0.717, 1.165) is 44.6 Å². The lowest BCUT2D eigenvalue weighted by Gasteiger charge is -2.32. The summed E-state index contributed by atoms with van der Waals surface area (Å²) in [4.78, 5) is 2.34. The zero-order valence-corrected chi connectivity index (χ0v) is 10.7. The van der Waals surface area contributed by atoms with E-state index in [4.69, 9.17) is 4.74 Å². The van der Waals surface area contributed by atoms with Crippen molar-refractivity contribution < 1.29 is 14.2 Å². The monoisotopic (exact) mass is 253 g/mol. The average molecular weight is 253 g/mol. The van der Waals surface area contributed by atoms with E-state index in [1.165, 1.54) is 6.07 Å². The molecule has 1 aliphatic rings. The molecule has 0 aliphatic carbocycles. The summed E-state index contributed by atoms with van der Waals surface area (Å²) in [6.45, 7) is 3.64. The molecule has 18 heavy (non-hydrogen) atoms. The highest BCUT2D eigenvalue weighted by Crippen LogP contribution is 2.34. The van der Waals surface area contributed by atoms with Gasteiger partial charge in [-0.3, -0.25) is 0 Å². The van der Waals surface area contributed by atoms with Crippen molar-refractivity contribution in [2.45, 2.75) is 18.8 Å². The predicted octanol–water partition coefficient (Wildman–Crippen LogP) is 2.36. The molecule has 0 bridgehead atoms. The van der Waals surface area contributed by atoms with Crippen LogP contribution in [0.25, 0.3) is 0 Å². The Bertz CT molecular complexity index is 389. The van der Waals surface area contributed by atoms with E-state index in [1.807, 2.05) is 6.07 Å². The van der Waals surface area contributed by atoms with Gasteiger partial charge in [0.25, 0.3) is 0 Å². The topological polar surface area (TPSA) is 32.7 Å². The Morgan fingerprint density at radius 2 is 2.11 bits per heavy atom. The maximum Gasteiger partial charge on any atom is 0.165 e. The minimum atomic E-state index is -0.519. The predicted molar refractivity (Wildman–Crippen MR) is 68.4 cm³/mol. The summed E-state index contributed by atoms with van der Waals surface area (Å²) in [5.74, 6) is -0.429. The van der Waals surface area contributed by atoms with Crippen LogP contribution in [-0.4, -0.2) is 43.4 Å². The molecule has 1 aromatic rings. The number of benzene rings is 1. The second kappa shape index (κ2) is 6.16. The molecule has 0 unspecified atom stereocenters. The molecule has 0 atom stereocenters. The molecular weight excluding hydrogens is 233 g/mol. The molecule has 0 radical (unpaired) electrons. The molecule has 0 aromatic heterocycles. The minimum Gasteiger partial charge on any atom is -0.505 e. The van der Waals surface area contributed by atoms with Crippen molar-refractivity contribution in [1.29, 1.82) is 0 Å². The van der Waals surface area contributed by atoms with Crippen LogP contribution in [0, 0.1) is 5.82 Å². The summed E-state index contributed by atoms with van der Waals surface area (Å²) >= 11 is 0. The number of ether oxygens (including phenoxy) is 1. The van der Waals surface area contributed by atoms with Crippen molar-refractivity contribution in [1.82, 2.24) is 4.90 Å². The molecule has 2 rings (SSSR count). The van der Waals surface area contributed by atoms with Gasteiger partial charge in [0.1, 0.15) is 0 Å². The smallest absolute Gasteiger partial charge is 0.165 e. The lowest BCUT2D eigenvalue weighted by atomic mass is 9.89. The molecule has 0 saturated carbocycles. The largest absolute Gasteiger partial charge is 0.505 e. The third kappa shape index (κ3) is 3.00. The SMILES string of the molecule is COCCN1CCC(c2cccc(F)c2O)CC1. The van der Waals surface area contributed by atoms with Crippen LogP contribution in [0.15, 0.2) is 18.2 Å². The first-order chi connectivity index (χ1) is 8.72. The molecule has 1 saturated heterocycles. The van der Waals surface area contributed by atoms with Crippen molar-refractivity contribution in [3.05, 3.63) is 29.6 Å². The van der Waals surface area contributed by atoms with Gasteiger partial charge >= 0.3 is 0 Å². The number of hydrogen-bond donors (Lipinski definition) is 1. The van der Waals surface area contributed by atoms with Gasteiger partial charge in [-0.05, 0) is 37.9 Å². The highest BCUT2D eigenvalue weighted by molar-refractivity contribution is 5.36. The Balaban J connectivity index is 1.95. The Hall–Kier alpha value is -1.13. The summed E-state index contributed by atoms with van der Waals surface area (Å²) in [5, 5.41) is 9.75. The van der Waals surface area contributed by atoms with Gasteiger partial charge in [-0.2, -0.15) is 0 Å². The van der Waals surface area contributed by atoms with E-state index in [0.29, 0.717) is 0 Å². The third-order valence-corrected chi connectivity index (χ3v) is 3.66. The lowest BCUT2D eigenvalue weighted by Crippen LogP contribution is -2.35.